The lowest BCUT2D eigenvalue weighted by molar-refractivity contribution is -0.143. The quantitative estimate of drug-likeness (QED) is 0.837. The van der Waals surface area contributed by atoms with Gasteiger partial charge in [0, 0.05) is 38.6 Å². The van der Waals surface area contributed by atoms with Crippen molar-refractivity contribution in [2.45, 2.75) is 58.2 Å². The number of rotatable bonds is 3. The highest BCUT2D eigenvalue weighted by Gasteiger charge is 2.35. The highest BCUT2D eigenvalue weighted by Crippen LogP contribution is 2.26. The molecule has 3 aliphatic heterocycles. The van der Waals surface area contributed by atoms with Crippen LogP contribution < -0.4 is 0 Å². The van der Waals surface area contributed by atoms with E-state index in [2.05, 4.69) is 48.2 Å². The molecule has 0 aliphatic carbocycles. The Labute approximate surface area is 156 Å². The van der Waals surface area contributed by atoms with Gasteiger partial charge in [0.2, 0.25) is 6.10 Å². The van der Waals surface area contributed by atoms with Crippen LogP contribution in [0.3, 0.4) is 0 Å². The molecule has 1 unspecified atom stereocenters. The van der Waals surface area contributed by atoms with Crippen LogP contribution in [0, 0.1) is 5.92 Å². The van der Waals surface area contributed by atoms with E-state index in [-0.39, 0.29) is 5.91 Å². The number of carbonyl (C=O) groups excluding carboxylic acids is 1. The predicted octanol–water partition coefficient (Wildman–Crippen LogP) is 2.84. The van der Waals surface area contributed by atoms with Crippen molar-refractivity contribution < 1.29 is 9.63 Å². The summed E-state index contributed by atoms with van der Waals surface area (Å²) < 4.78 is 0. The molecule has 1 amide bonds. The third kappa shape index (κ3) is 3.50. The summed E-state index contributed by atoms with van der Waals surface area (Å²) in [6.07, 6.45) is 3.50. The third-order valence-corrected chi connectivity index (χ3v) is 6.09. The predicted molar refractivity (Wildman–Crippen MR) is 102 cm³/mol. The fraction of sp³-hybridized carbons (Fsp3) is 0.619. The number of nitrogens with zero attached hydrogens (tertiary/aromatic N) is 3. The topological polar surface area (TPSA) is 45.1 Å². The summed E-state index contributed by atoms with van der Waals surface area (Å²) in [6, 6.07) is 9.36. The van der Waals surface area contributed by atoms with E-state index in [1.807, 2.05) is 4.90 Å². The number of oxime groups is 1. The molecular weight excluding hydrogens is 326 g/mol. The minimum Gasteiger partial charge on any atom is -0.382 e. The van der Waals surface area contributed by atoms with E-state index in [1.165, 1.54) is 11.1 Å². The van der Waals surface area contributed by atoms with Gasteiger partial charge in [0.15, 0.2) is 0 Å². The first-order valence-corrected chi connectivity index (χ1v) is 9.94. The van der Waals surface area contributed by atoms with Crippen molar-refractivity contribution in [2.75, 3.05) is 19.6 Å². The second kappa shape index (κ2) is 7.39. The van der Waals surface area contributed by atoms with Gasteiger partial charge >= 0.3 is 0 Å². The zero-order valence-electron chi connectivity index (χ0n) is 15.9. The second-order valence-corrected chi connectivity index (χ2v) is 8.08. The maximum absolute atomic E-state index is 12.7. The molecule has 1 atom stereocenters. The summed E-state index contributed by atoms with van der Waals surface area (Å²) in [5, 5.41) is 4.10. The largest absolute Gasteiger partial charge is 0.382 e. The standard InChI is InChI=1S/C21H29N3O2/c1-15(2)19-13-20(26-22-19)21(25)23-11-8-18(9-12-23)24-10-7-16-5-3-4-6-17(16)14-24/h3-6,15,18,20H,7-14H2,1-2H3. The van der Waals surface area contributed by atoms with Crippen molar-refractivity contribution in [2.24, 2.45) is 11.1 Å². The van der Waals surface area contributed by atoms with Gasteiger partial charge in [-0.3, -0.25) is 9.69 Å². The molecule has 0 spiro atoms. The van der Waals surface area contributed by atoms with Gasteiger partial charge in [-0.2, -0.15) is 0 Å². The van der Waals surface area contributed by atoms with E-state index in [1.54, 1.807) is 0 Å². The number of likely N-dealkylation sites (tertiary alicyclic amines) is 1. The number of piperidine rings is 1. The SMILES string of the molecule is CC(C)C1=NOC(C(=O)N2CCC(N3CCc4ccccc4C3)CC2)C1. The molecular formula is C21H29N3O2. The van der Waals surface area contributed by atoms with Crippen LogP contribution in [0.15, 0.2) is 29.4 Å². The van der Waals surface area contributed by atoms with Gasteiger partial charge in [-0.05, 0) is 36.3 Å². The molecule has 0 radical (unpaired) electrons. The number of carbonyl (C=O) groups is 1. The molecule has 0 bridgehead atoms. The van der Waals surface area contributed by atoms with Gasteiger partial charge in [0.1, 0.15) is 0 Å². The van der Waals surface area contributed by atoms with E-state index < -0.39 is 6.10 Å². The van der Waals surface area contributed by atoms with Crippen LogP contribution in [0.25, 0.3) is 0 Å². The molecule has 5 nitrogen and oxygen atoms in total. The van der Waals surface area contributed by atoms with Crippen LogP contribution >= 0.6 is 0 Å². The summed E-state index contributed by atoms with van der Waals surface area (Å²) in [5.41, 5.74) is 3.97. The highest BCUT2D eigenvalue weighted by atomic mass is 16.6. The average Bonchev–Trinajstić information content (AvgIpc) is 3.18. The van der Waals surface area contributed by atoms with Crippen LogP contribution in [0.4, 0.5) is 0 Å². The summed E-state index contributed by atoms with van der Waals surface area (Å²) in [6.45, 7) is 8.03. The maximum atomic E-state index is 12.7. The van der Waals surface area contributed by atoms with Crippen molar-refractivity contribution in [3.8, 4) is 0 Å². The number of benzene rings is 1. The zero-order valence-corrected chi connectivity index (χ0v) is 15.9. The Hall–Kier alpha value is -1.88. The van der Waals surface area contributed by atoms with Crippen molar-refractivity contribution in [3.63, 3.8) is 0 Å². The van der Waals surface area contributed by atoms with Gasteiger partial charge in [-0.1, -0.05) is 43.3 Å². The first-order chi connectivity index (χ1) is 12.6. The molecule has 140 valence electrons. The minimum absolute atomic E-state index is 0.117. The number of amides is 1. The van der Waals surface area contributed by atoms with Gasteiger partial charge in [-0.25, -0.2) is 0 Å². The van der Waals surface area contributed by atoms with E-state index in [0.717, 1.165) is 51.2 Å². The fourth-order valence-electron chi connectivity index (χ4n) is 4.35. The lowest BCUT2D eigenvalue weighted by atomic mass is 9.95. The van der Waals surface area contributed by atoms with Crippen molar-refractivity contribution in [3.05, 3.63) is 35.4 Å². The average molecular weight is 355 g/mol. The minimum atomic E-state index is -0.397. The highest BCUT2D eigenvalue weighted by molar-refractivity contribution is 5.93. The Morgan fingerprint density at radius 1 is 1.15 bits per heavy atom. The van der Waals surface area contributed by atoms with E-state index >= 15 is 0 Å². The van der Waals surface area contributed by atoms with E-state index in [9.17, 15) is 4.79 Å². The molecule has 5 heteroatoms. The van der Waals surface area contributed by atoms with Crippen molar-refractivity contribution in [1.82, 2.24) is 9.80 Å². The molecule has 0 N–H and O–H groups in total. The summed E-state index contributed by atoms with van der Waals surface area (Å²) in [4.78, 5) is 22.7. The molecule has 3 heterocycles. The molecule has 1 aromatic carbocycles. The summed E-state index contributed by atoms with van der Waals surface area (Å²) >= 11 is 0. The lowest BCUT2D eigenvalue weighted by Crippen LogP contribution is -2.50. The maximum Gasteiger partial charge on any atom is 0.266 e. The first-order valence-electron chi connectivity index (χ1n) is 9.94. The van der Waals surface area contributed by atoms with Gasteiger partial charge in [-0.15, -0.1) is 0 Å². The molecule has 1 fully saturated rings. The lowest BCUT2D eigenvalue weighted by Gasteiger charge is -2.41. The van der Waals surface area contributed by atoms with Crippen LogP contribution in [0.2, 0.25) is 0 Å². The monoisotopic (exact) mass is 355 g/mol. The van der Waals surface area contributed by atoms with E-state index in [0.29, 0.717) is 18.4 Å². The van der Waals surface area contributed by atoms with Gasteiger partial charge in [0.25, 0.3) is 5.91 Å². The third-order valence-electron chi connectivity index (χ3n) is 6.09. The number of fused-ring (bicyclic) bond motifs is 1. The fourth-order valence-corrected chi connectivity index (χ4v) is 4.35. The first kappa shape index (κ1) is 17.5. The van der Waals surface area contributed by atoms with Gasteiger partial charge in [0.05, 0.1) is 5.71 Å². The Morgan fingerprint density at radius 2 is 1.88 bits per heavy atom. The van der Waals surface area contributed by atoms with E-state index in [4.69, 9.17) is 4.84 Å². The van der Waals surface area contributed by atoms with Crippen LogP contribution in [0.1, 0.15) is 44.2 Å². The molecule has 3 aliphatic rings. The summed E-state index contributed by atoms with van der Waals surface area (Å²) in [5.74, 6) is 0.465. The normalized spacial score (nSPS) is 24.3. The van der Waals surface area contributed by atoms with Crippen LogP contribution in [0.5, 0.6) is 0 Å². The second-order valence-electron chi connectivity index (χ2n) is 8.08. The molecule has 1 aromatic rings. The van der Waals surface area contributed by atoms with Crippen LogP contribution in [-0.2, 0) is 22.6 Å². The smallest absolute Gasteiger partial charge is 0.266 e. The molecule has 0 aromatic heterocycles. The molecule has 0 saturated carbocycles. The molecule has 4 rings (SSSR count). The Bertz CT molecular complexity index is 692. The zero-order chi connectivity index (χ0) is 18.1. The Morgan fingerprint density at radius 3 is 2.58 bits per heavy atom. The van der Waals surface area contributed by atoms with Crippen molar-refractivity contribution >= 4 is 11.6 Å². The molecule has 26 heavy (non-hydrogen) atoms. The Balaban J connectivity index is 1.29. The van der Waals surface area contributed by atoms with Crippen LogP contribution in [-0.4, -0.2) is 53.2 Å². The number of hydrogen-bond acceptors (Lipinski definition) is 4. The Kier molecular flexibility index (Phi) is 4.98. The van der Waals surface area contributed by atoms with Gasteiger partial charge < -0.3 is 9.74 Å². The summed E-state index contributed by atoms with van der Waals surface area (Å²) in [7, 11) is 0. The molecule has 1 saturated heterocycles. The van der Waals surface area contributed by atoms with Crippen molar-refractivity contribution in [1.29, 1.82) is 0 Å². The number of hydrogen-bond donors (Lipinski definition) is 0.